The smallest absolute Gasteiger partial charge is 0.183 e. The molecule has 0 aliphatic rings. The summed E-state index contributed by atoms with van der Waals surface area (Å²) < 4.78 is 0. The first kappa shape index (κ1) is 10.0. The summed E-state index contributed by atoms with van der Waals surface area (Å²) in [5.41, 5.74) is 10.7. The Labute approximate surface area is 76.0 Å². The van der Waals surface area contributed by atoms with E-state index >= 15 is 0 Å². The van der Waals surface area contributed by atoms with Crippen LogP contribution in [0.4, 0.5) is 11.4 Å². The van der Waals surface area contributed by atoms with E-state index < -0.39 is 0 Å². The fraction of sp³-hybridized carbons (Fsp3) is 0. The van der Waals surface area contributed by atoms with Gasteiger partial charge >= 0.3 is 0 Å². The van der Waals surface area contributed by atoms with Gasteiger partial charge in [0.2, 0.25) is 0 Å². The molecule has 55 valence electrons. The van der Waals surface area contributed by atoms with Crippen molar-refractivity contribution in [1.29, 1.82) is 0 Å². The van der Waals surface area contributed by atoms with Crippen LogP contribution in [0.15, 0.2) is 12.1 Å². The molecule has 0 aliphatic heterocycles. The molecule has 11 heavy (non-hydrogen) atoms. The van der Waals surface area contributed by atoms with Gasteiger partial charge in [0.1, 0.15) is 0 Å². The number of hydrogen-bond donors (Lipinski definition) is 4. The Balaban J connectivity index is 0.000001000. The molecule has 0 aliphatic carbocycles. The Morgan fingerprint density at radius 1 is 0.909 bits per heavy atom. The molecular weight excluding hydrogens is 139 g/mol. The first-order valence-corrected chi connectivity index (χ1v) is 2.69. The van der Waals surface area contributed by atoms with Crippen molar-refractivity contribution in [3.8, 4) is 11.5 Å². The minimum Gasteiger partial charge on any atom is -0.503 e. The molecular formula is C6H8LiN2O2. The van der Waals surface area contributed by atoms with Gasteiger partial charge < -0.3 is 21.7 Å². The minimum absolute atomic E-state index is 0. The second-order valence-corrected chi connectivity index (χ2v) is 1.94. The Bertz CT molecular complexity index is 238. The van der Waals surface area contributed by atoms with Crippen LogP contribution in [0, 0.1) is 0 Å². The van der Waals surface area contributed by atoms with E-state index in [0.29, 0.717) is 0 Å². The van der Waals surface area contributed by atoms with E-state index in [4.69, 9.17) is 21.7 Å². The van der Waals surface area contributed by atoms with Gasteiger partial charge in [-0.25, -0.2) is 0 Å². The molecule has 0 unspecified atom stereocenters. The minimum atomic E-state index is -0.361. The van der Waals surface area contributed by atoms with Crippen LogP contribution in [0.1, 0.15) is 0 Å². The Morgan fingerprint density at radius 2 is 1.18 bits per heavy atom. The van der Waals surface area contributed by atoms with Gasteiger partial charge in [0.05, 0.1) is 11.4 Å². The molecule has 1 rings (SSSR count). The van der Waals surface area contributed by atoms with Crippen LogP contribution >= 0.6 is 0 Å². The summed E-state index contributed by atoms with van der Waals surface area (Å²) in [5, 5.41) is 17.9. The zero-order valence-corrected chi connectivity index (χ0v) is 6.20. The van der Waals surface area contributed by atoms with E-state index in [2.05, 4.69) is 0 Å². The molecule has 6 N–H and O–H groups in total. The van der Waals surface area contributed by atoms with Crippen LogP contribution in [-0.4, -0.2) is 29.1 Å². The molecule has 0 heterocycles. The number of phenols is 2. The van der Waals surface area contributed by atoms with E-state index in [0.717, 1.165) is 0 Å². The van der Waals surface area contributed by atoms with Crippen molar-refractivity contribution in [2.75, 3.05) is 11.5 Å². The molecule has 0 spiro atoms. The first-order valence-electron chi connectivity index (χ1n) is 2.69. The van der Waals surface area contributed by atoms with E-state index in [9.17, 15) is 0 Å². The van der Waals surface area contributed by atoms with Crippen molar-refractivity contribution in [2.45, 2.75) is 0 Å². The normalized spacial score (nSPS) is 8.73. The van der Waals surface area contributed by atoms with Gasteiger partial charge in [0.15, 0.2) is 11.5 Å². The van der Waals surface area contributed by atoms with Crippen LogP contribution in [0.2, 0.25) is 0 Å². The molecule has 5 heteroatoms. The molecule has 1 radical (unpaired) electrons. The molecule has 0 fully saturated rings. The maximum absolute atomic E-state index is 8.93. The summed E-state index contributed by atoms with van der Waals surface area (Å²) in [6.45, 7) is 0. The van der Waals surface area contributed by atoms with Gasteiger partial charge in [0, 0.05) is 18.9 Å². The Hall–Kier alpha value is -0.983. The second-order valence-electron chi connectivity index (χ2n) is 1.94. The third-order valence-corrected chi connectivity index (χ3v) is 1.21. The van der Waals surface area contributed by atoms with Crippen molar-refractivity contribution in [1.82, 2.24) is 0 Å². The molecule has 0 amide bonds. The average molecular weight is 147 g/mol. The first-order chi connectivity index (χ1) is 4.63. The van der Waals surface area contributed by atoms with Gasteiger partial charge in [-0.15, -0.1) is 0 Å². The molecule has 0 bridgehead atoms. The molecule has 0 saturated heterocycles. The second kappa shape index (κ2) is 3.42. The largest absolute Gasteiger partial charge is 0.503 e. The molecule has 1 aromatic rings. The number of rotatable bonds is 0. The third-order valence-electron chi connectivity index (χ3n) is 1.21. The fourth-order valence-electron chi connectivity index (χ4n) is 0.611. The maximum Gasteiger partial charge on any atom is 0.183 e. The number of phenolic OH excluding ortho intramolecular Hbond substituents is 2. The summed E-state index contributed by atoms with van der Waals surface area (Å²) in [4.78, 5) is 0. The van der Waals surface area contributed by atoms with Crippen LogP contribution in [0.3, 0.4) is 0 Å². The Morgan fingerprint density at radius 3 is 1.45 bits per heavy atom. The SMILES string of the molecule is Nc1ccc(N)c(O)c1O.[Li]. The standard InChI is InChI=1S/C6H8N2O2.Li/c7-3-1-2-4(8)6(10)5(3)9;/h1-2,9-10H,7-8H2;. The van der Waals surface area contributed by atoms with Crippen molar-refractivity contribution in [3.05, 3.63) is 12.1 Å². The average Bonchev–Trinajstić information content (AvgIpc) is 1.93. The van der Waals surface area contributed by atoms with E-state index in [1.807, 2.05) is 0 Å². The third kappa shape index (κ3) is 1.73. The zero-order valence-electron chi connectivity index (χ0n) is 6.20. The van der Waals surface area contributed by atoms with Gasteiger partial charge in [-0.2, -0.15) is 0 Å². The van der Waals surface area contributed by atoms with Gasteiger partial charge in [0.25, 0.3) is 0 Å². The predicted octanol–water partition coefficient (Wildman–Crippen LogP) is -0.119. The fourth-order valence-corrected chi connectivity index (χ4v) is 0.611. The summed E-state index contributed by atoms with van der Waals surface area (Å²) in [6.07, 6.45) is 0. The van der Waals surface area contributed by atoms with Gasteiger partial charge in [-0.3, -0.25) is 0 Å². The summed E-state index contributed by atoms with van der Waals surface area (Å²) in [6, 6.07) is 2.84. The summed E-state index contributed by atoms with van der Waals surface area (Å²) in [5.74, 6) is -0.722. The maximum atomic E-state index is 8.93. The molecule has 4 nitrogen and oxygen atoms in total. The van der Waals surface area contributed by atoms with Crippen LogP contribution in [0.25, 0.3) is 0 Å². The number of hydrogen-bond acceptors (Lipinski definition) is 4. The van der Waals surface area contributed by atoms with E-state index in [1.54, 1.807) is 0 Å². The van der Waals surface area contributed by atoms with E-state index in [1.165, 1.54) is 12.1 Å². The molecule has 0 atom stereocenters. The number of anilines is 2. The number of benzene rings is 1. The van der Waals surface area contributed by atoms with Crippen LogP contribution in [-0.2, 0) is 0 Å². The van der Waals surface area contributed by atoms with Crippen molar-refractivity contribution < 1.29 is 10.2 Å². The van der Waals surface area contributed by atoms with E-state index in [-0.39, 0.29) is 41.7 Å². The van der Waals surface area contributed by atoms with Gasteiger partial charge in [-0.1, -0.05) is 0 Å². The molecule has 0 aromatic heterocycles. The molecule has 1 aromatic carbocycles. The van der Waals surface area contributed by atoms with Crippen LogP contribution in [0.5, 0.6) is 11.5 Å². The van der Waals surface area contributed by atoms with Crippen LogP contribution < -0.4 is 11.5 Å². The summed E-state index contributed by atoms with van der Waals surface area (Å²) >= 11 is 0. The predicted molar refractivity (Wildman–Crippen MR) is 44.4 cm³/mol. The zero-order chi connectivity index (χ0) is 7.72. The Kier molecular flexibility index (Phi) is 3.12. The quantitative estimate of drug-likeness (QED) is 0.234. The van der Waals surface area contributed by atoms with Crippen molar-refractivity contribution >= 4 is 30.2 Å². The molecule has 0 saturated carbocycles. The van der Waals surface area contributed by atoms with Crippen molar-refractivity contribution in [3.63, 3.8) is 0 Å². The number of nitrogen functional groups attached to an aromatic ring is 2. The number of nitrogens with two attached hydrogens (primary N) is 2. The summed E-state index contributed by atoms with van der Waals surface area (Å²) in [7, 11) is 0. The number of aromatic hydroxyl groups is 2. The van der Waals surface area contributed by atoms with Crippen molar-refractivity contribution in [2.24, 2.45) is 0 Å². The monoisotopic (exact) mass is 147 g/mol. The van der Waals surface area contributed by atoms with Gasteiger partial charge in [-0.05, 0) is 12.1 Å². The topological polar surface area (TPSA) is 92.5 Å².